The molecule has 0 bridgehead atoms. The predicted molar refractivity (Wildman–Crippen MR) is 67.6 cm³/mol. The summed E-state index contributed by atoms with van der Waals surface area (Å²) in [6.07, 6.45) is -15.3. The molecule has 0 aliphatic rings. The molecule has 0 heterocycles. The van der Waals surface area contributed by atoms with Gasteiger partial charge in [0.25, 0.3) is 5.60 Å². The van der Waals surface area contributed by atoms with Crippen LogP contribution in [-0.4, -0.2) is 39.0 Å². The van der Waals surface area contributed by atoms with E-state index in [1.807, 2.05) is 0 Å². The van der Waals surface area contributed by atoms with Gasteiger partial charge in [-0.15, -0.1) is 0 Å². The normalized spacial score (nSPS) is 14.4. The Bertz CT molecular complexity index is 703. The Hall–Kier alpha value is -1.70. The van der Waals surface area contributed by atoms with Crippen molar-refractivity contribution >= 4 is 10.1 Å². The van der Waals surface area contributed by atoms with Crippen LogP contribution in [0.3, 0.4) is 0 Å². The number of methoxy groups -OCH3 is 1. The molecule has 0 amide bonds. The standard InChI is InChI=1S/C12H9F9O4S/c1-24-8-4-2-7(3-5-8)6-9(10(13,14)15,11(16,17)18)25-26(22,23)12(19,20)21/h2-5H,6H2,1H3. The van der Waals surface area contributed by atoms with Crippen LogP contribution in [0.4, 0.5) is 39.5 Å². The summed E-state index contributed by atoms with van der Waals surface area (Å²) in [6, 6.07) is 3.25. The minimum Gasteiger partial charge on any atom is -0.497 e. The minimum atomic E-state index is -7.22. The molecule has 0 saturated carbocycles. The van der Waals surface area contributed by atoms with E-state index in [9.17, 15) is 47.9 Å². The SMILES string of the molecule is COc1ccc(CC(OS(=O)(=O)C(F)(F)F)(C(F)(F)F)C(F)(F)F)cc1. The zero-order valence-corrected chi connectivity index (χ0v) is 13.3. The third-order valence-corrected chi connectivity index (χ3v) is 4.13. The molecule has 1 aromatic carbocycles. The first-order valence-electron chi connectivity index (χ1n) is 6.25. The van der Waals surface area contributed by atoms with Crippen molar-refractivity contribution in [2.75, 3.05) is 7.11 Å². The van der Waals surface area contributed by atoms with Gasteiger partial charge in [-0.25, -0.2) is 4.18 Å². The molecular formula is C12H9F9O4S. The molecule has 0 N–H and O–H groups in total. The number of hydrogen-bond donors (Lipinski definition) is 0. The molecule has 0 aliphatic heterocycles. The van der Waals surface area contributed by atoms with Crippen LogP contribution in [-0.2, 0) is 20.7 Å². The van der Waals surface area contributed by atoms with Crippen molar-refractivity contribution in [1.82, 2.24) is 0 Å². The number of rotatable bonds is 5. The molecule has 0 aromatic heterocycles. The fourth-order valence-electron chi connectivity index (χ4n) is 1.75. The van der Waals surface area contributed by atoms with Crippen LogP contribution in [0, 0.1) is 0 Å². The summed E-state index contributed by atoms with van der Waals surface area (Å²) in [4.78, 5) is 0. The van der Waals surface area contributed by atoms with E-state index in [0.717, 1.165) is 19.2 Å². The lowest BCUT2D eigenvalue weighted by atomic mass is 9.93. The van der Waals surface area contributed by atoms with Gasteiger partial charge >= 0.3 is 28.0 Å². The second-order valence-electron chi connectivity index (χ2n) is 4.83. The van der Waals surface area contributed by atoms with Crippen molar-refractivity contribution in [1.29, 1.82) is 0 Å². The van der Waals surface area contributed by atoms with Crippen molar-refractivity contribution in [2.24, 2.45) is 0 Å². The lowest BCUT2D eigenvalue weighted by Gasteiger charge is -2.36. The monoisotopic (exact) mass is 420 g/mol. The topological polar surface area (TPSA) is 52.6 Å². The summed E-state index contributed by atoms with van der Waals surface area (Å²) in [7, 11) is -6.08. The van der Waals surface area contributed by atoms with Gasteiger partial charge in [0.2, 0.25) is 0 Å². The summed E-state index contributed by atoms with van der Waals surface area (Å²) >= 11 is 0. The van der Waals surface area contributed by atoms with Crippen molar-refractivity contribution in [3.05, 3.63) is 29.8 Å². The number of hydrogen-bond acceptors (Lipinski definition) is 4. The molecule has 1 rings (SSSR count). The highest BCUT2D eigenvalue weighted by atomic mass is 32.2. The van der Waals surface area contributed by atoms with Crippen molar-refractivity contribution < 1.29 is 56.9 Å². The van der Waals surface area contributed by atoms with Crippen molar-refractivity contribution in [3.63, 3.8) is 0 Å². The van der Waals surface area contributed by atoms with Gasteiger partial charge in [-0.2, -0.15) is 47.9 Å². The number of alkyl halides is 9. The van der Waals surface area contributed by atoms with Crippen molar-refractivity contribution in [2.45, 2.75) is 29.9 Å². The number of halogens is 9. The van der Waals surface area contributed by atoms with Gasteiger partial charge in [0.1, 0.15) is 5.75 Å². The van der Waals surface area contributed by atoms with Crippen LogP contribution < -0.4 is 4.74 Å². The van der Waals surface area contributed by atoms with Crippen LogP contribution in [0.15, 0.2) is 24.3 Å². The number of benzene rings is 1. The highest BCUT2D eigenvalue weighted by molar-refractivity contribution is 7.87. The molecular weight excluding hydrogens is 411 g/mol. The third-order valence-electron chi connectivity index (χ3n) is 3.06. The first kappa shape index (κ1) is 22.3. The minimum absolute atomic E-state index is 0.0298. The Labute approximate surface area is 140 Å². The Balaban J connectivity index is 3.54. The van der Waals surface area contributed by atoms with Gasteiger partial charge in [0.05, 0.1) is 7.11 Å². The second kappa shape index (κ2) is 6.79. The van der Waals surface area contributed by atoms with E-state index < -0.39 is 45.6 Å². The van der Waals surface area contributed by atoms with Gasteiger partial charge in [0.15, 0.2) is 0 Å². The average Bonchev–Trinajstić information content (AvgIpc) is 2.43. The van der Waals surface area contributed by atoms with Crippen LogP contribution in [0.1, 0.15) is 5.56 Å². The molecule has 0 fully saturated rings. The summed E-state index contributed by atoms with van der Waals surface area (Å²) in [5.74, 6) is 0.0298. The highest BCUT2D eigenvalue weighted by Crippen LogP contribution is 2.50. The first-order valence-corrected chi connectivity index (χ1v) is 7.66. The molecule has 150 valence electrons. The summed E-state index contributed by atoms with van der Waals surface area (Å²) < 4.78 is 145. The fraction of sp³-hybridized carbons (Fsp3) is 0.500. The Morgan fingerprint density at radius 1 is 0.846 bits per heavy atom. The van der Waals surface area contributed by atoms with Crippen LogP contribution in [0.2, 0.25) is 0 Å². The number of ether oxygens (including phenoxy) is 1. The zero-order chi connectivity index (χ0) is 20.6. The van der Waals surface area contributed by atoms with Crippen molar-refractivity contribution in [3.8, 4) is 5.75 Å². The molecule has 0 unspecified atom stereocenters. The maximum Gasteiger partial charge on any atom is 0.523 e. The quantitative estimate of drug-likeness (QED) is 0.411. The van der Waals surface area contributed by atoms with E-state index in [1.165, 1.54) is 0 Å². The molecule has 4 nitrogen and oxygen atoms in total. The molecule has 14 heteroatoms. The van der Waals surface area contributed by atoms with E-state index in [0.29, 0.717) is 12.1 Å². The molecule has 26 heavy (non-hydrogen) atoms. The molecule has 0 saturated heterocycles. The highest BCUT2D eigenvalue weighted by Gasteiger charge is 2.75. The first-order chi connectivity index (χ1) is 11.5. The lowest BCUT2D eigenvalue weighted by molar-refractivity contribution is -0.357. The maximum atomic E-state index is 13.1. The Morgan fingerprint density at radius 3 is 1.58 bits per heavy atom. The van der Waals surface area contributed by atoms with E-state index in [-0.39, 0.29) is 5.75 Å². The Kier molecular flexibility index (Phi) is 5.84. The predicted octanol–water partition coefficient (Wildman–Crippen LogP) is 3.97. The van der Waals surface area contributed by atoms with E-state index >= 15 is 0 Å². The van der Waals surface area contributed by atoms with Gasteiger partial charge in [-0.3, -0.25) is 0 Å². The van der Waals surface area contributed by atoms with Crippen LogP contribution in [0.25, 0.3) is 0 Å². The maximum absolute atomic E-state index is 13.1. The van der Waals surface area contributed by atoms with E-state index in [2.05, 4.69) is 8.92 Å². The van der Waals surface area contributed by atoms with Crippen LogP contribution >= 0.6 is 0 Å². The molecule has 0 aliphatic carbocycles. The van der Waals surface area contributed by atoms with E-state index in [1.54, 1.807) is 0 Å². The zero-order valence-electron chi connectivity index (χ0n) is 12.5. The van der Waals surface area contributed by atoms with Gasteiger partial charge in [-0.1, -0.05) is 12.1 Å². The van der Waals surface area contributed by atoms with Gasteiger partial charge in [0, 0.05) is 6.42 Å². The summed E-state index contributed by atoms with van der Waals surface area (Å²) in [5, 5.41) is 0. The smallest absolute Gasteiger partial charge is 0.497 e. The molecule has 0 radical (unpaired) electrons. The molecule has 0 spiro atoms. The average molecular weight is 420 g/mol. The lowest BCUT2D eigenvalue weighted by Crippen LogP contribution is -2.62. The van der Waals surface area contributed by atoms with Crippen LogP contribution in [0.5, 0.6) is 5.75 Å². The second-order valence-corrected chi connectivity index (χ2v) is 6.37. The van der Waals surface area contributed by atoms with Gasteiger partial charge in [-0.05, 0) is 17.7 Å². The largest absolute Gasteiger partial charge is 0.523 e. The van der Waals surface area contributed by atoms with E-state index in [4.69, 9.17) is 0 Å². The molecule has 1 aromatic rings. The summed E-state index contributed by atoms with van der Waals surface area (Å²) in [6.45, 7) is 0. The summed E-state index contributed by atoms with van der Waals surface area (Å²) in [5.41, 5.74) is -12.9. The Morgan fingerprint density at radius 2 is 1.27 bits per heavy atom. The third kappa shape index (κ3) is 4.34. The molecule has 0 atom stereocenters. The fourth-order valence-corrected chi connectivity index (χ4v) is 2.47. The van der Waals surface area contributed by atoms with Gasteiger partial charge < -0.3 is 4.74 Å².